The van der Waals surface area contributed by atoms with E-state index in [2.05, 4.69) is 25.5 Å². The van der Waals surface area contributed by atoms with Crippen molar-refractivity contribution in [2.75, 3.05) is 26.7 Å². The van der Waals surface area contributed by atoms with E-state index in [-0.39, 0.29) is 18.1 Å². The Morgan fingerprint density at radius 2 is 2.25 bits per heavy atom. The molecule has 2 aromatic heterocycles. The van der Waals surface area contributed by atoms with Crippen LogP contribution in [0.15, 0.2) is 39.8 Å². The highest BCUT2D eigenvalue weighted by atomic mass is 16.5. The van der Waals surface area contributed by atoms with Crippen LogP contribution in [0.25, 0.3) is 10.8 Å². The van der Waals surface area contributed by atoms with Crippen LogP contribution in [0.3, 0.4) is 0 Å². The molecule has 1 fully saturated rings. The molecule has 0 bridgehead atoms. The standard InChI is InChI=1S/C16H18N6O2/c1-21-7-6-17-9-13(21)15-19-14(24-20-15)10-22-16(23)12-5-3-2-4-11(12)8-18-22/h2-5,8,13,17H,6-7,9-10H2,1H3. The SMILES string of the molecule is CN1CCNCC1c1noc(Cn2ncc3ccccc3c2=O)n1. The largest absolute Gasteiger partial charge is 0.337 e. The second-order valence-electron chi connectivity index (χ2n) is 5.94. The summed E-state index contributed by atoms with van der Waals surface area (Å²) in [4.78, 5) is 19.1. The molecule has 1 atom stereocenters. The van der Waals surface area contributed by atoms with Gasteiger partial charge in [-0.1, -0.05) is 23.4 Å². The molecule has 1 saturated heterocycles. The van der Waals surface area contributed by atoms with Gasteiger partial charge in [-0.25, -0.2) is 4.68 Å². The molecule has 0 saturated carbocycles. The predicted octanol–water partition coefficient (Wildman–Crippen LogP) is 0.404. The van der Waals surface area contributed by atoms with Crippen molar-refractivity contribution in [1.82, 2.24) is 30.1 Å². The van der Waals surface area contributed by atoms with Gasteiger partial charge in [0.1, 0.15) is 6.54 Å². The second kappa shape index (κ2) is 6.14. The Hall–Kier alpha value is -2.58. The first-order valence-electron chi connectivity index (χ1n) is 7.90. The third-order valence-electron chi connectivity index (χ3n) is 4.34. The quantitative estimate of drug-likeness (QED) is 0.745. The fourth-order valence-electron chi connectivity index (χ4n) is 2.93. The van der Waals surface area contributed by atoms with Gasteiger partial charge in [0.05, 0.1) is 17.6 Å². The van der Waals surface area contributed by atoms with Gasteiger partial charge in [0.2, 0.25) is 5.89 Å². The molecule has 4 rings (SSSR count). The van der Waals surface area contributed by atoms with Crippen LogP contribution >= 0.6 is 0 Å². The second-order valence-corrected chi connectivity index (χ2v) is 5.94. The zero-order valence-corrected chi connectivity index (χ0v) is 13.3. The Bertz CT molecular complexity index is 918. The number of hydrogen-bond donors (Lipinski definition) is 1. The number of fused-ring (bicyclic) bond motifs is 1. The van der Waals surface area contributed by atoms with Crippen LogP contribution in [0.4, 0.5) is 0 Å². The summed E-state index contributed by atoms with van der Waals surface area (Å²) in [6.45, 7) is 2.83. The van der Waals surface area contributed by atoms with Gasteiger partial charge < -0.3 is 9.84 Å². The molecule has 1 aliphatic heterocycles. The molecule has 8 heteroatoms. The summed E-state index contributed by atoms with van der Waals surface area (Å²) in [5.41, 5.74) is -0.163. The topological polar surface area (TPSA) is 89.1 Å². The number of benzene rings is 1. The van der Waals surface area contributed by atoms with Gasteiger partial charge >= 0.3 is 0 Å². The lowest BCUT2D eigenvalue weighted by molar-refractivity contribution is 0.190. The smallest absolute Gasteiger partial charge is 0.275 e. The van der Waals surface area contributed by atoms with Gasteiger partial charge in [-0.15, -0.1) is 0 Å². The van der Waals surface area contributed by atoms with Crippen molar-refractivity contribution in [3.63, 3.8) is 0 Å². The summed E-state index contributed by atoms with van der Waals surface area (Å²) in [5, 5.41) is 13.0. The number of likely N-dealkylation sites (N-methyl/N-ethyl adjacent to an activating group) is 1. The summed E-state index contributed by atoms with van der Waals surface area (Å²) in [7, 11) is 2.04. The van der Waals surface area contributed by atoms with Gasteiger partial charge in [-0.3, -0.25) is 9.69 Å². The molecule has 3 aromatic rings. The maximum absolute atomic E-state index is 12.5. The summed E-state index contributed by atoms with van der Waals surface area (Å²) in [6.07, 6.45) is 1.67. The molecule has 1 unspecified atom stereocenters. The third kappa shape index (κ3) is 2.70. The maximum atomic E-state index is 12.5. The van der Waals surface area contributed by atoms with Crippen LogP contribution in [0.2, 0.25) is 0 Å². The van der Waals surface area contributed by atoms with E-state index < -0.39 is 0 Å². The van der Waals surface area contributed by atoms with Crippen molar-refractivity contribution < 1.29 is 4.52 Å². The lowest BCUT2D eigenvalue weighted by Gasteiger charge is -2.30. The molecule has 8 nitrogen and oxygen atoms in total. The molecule has 1 N–H and O–H groups in total. The fraction of sp³-hybridized carbons (Fsp3) is 0.375. The van der Waals surface area contributed by atoms with E-state index in [4.69, 9.17) is 4.52 Å². The maximum Gasteiger partial charge on any atom is 0.275 e. The first-order chi connectivity index (χ1) is 11.7. The minimum absolute atomic E-state index is 0.0811. The summed E-state index contributed by atoms with van der Waals surface area (Å²) >= 11 is 0. The molecule has 3 heterocycles. The van der Waals surface area contributed by atoms with E-state index >= 15 is 0 Å². The number of hydrogen-bond acceptors (Lipinski definition) is 7. The Balaban J connectivity index is 1.60. The van der Waals surface area contributed by atoms with Crippen LogP contribution in [-0.2, 0) is 6.54 Å². The van der Waals surface area contributed by atoms with Crippen LogP contribution < -0.4 is 10.9 Å². The lowest BCUT2D eigenvalue weighted by Crippen LogP contribution is -2.44. The normalized spacial score (nSPS) is 19.0. The predicted molar refractivity (Wildman–Crippen MR) is 87.6 cm³/mol. The number of aromatic nitrogens is 4. The molecule has 0 spiro atoms. The van der Waals surface area contributed by atoms with Crippen LogP contribution in [0.1, 0.15) is 17.8 Å². The van der Waals surface area contributed by atoms with Crippen LogP contribution in [0, 0.1) is 0 Å². The number of nitrogens with one attached hydrogen (secondary N) is 1. The van der Waals surface area contributed by atoms with Crippen molar-refractivity contribution in [3.05, 3.63) is 52.5 Å². The average molecular weight is 326 g/mol. The Kier molecular flexibility index (Phi) is 3.83. The van der Waals surface area contributed by atoms with Crippen LogP contribution in [-0.4, -0.2) is 51.5 Å². The first kappa shape index (κ1) is 15.0. The van der Waals surface area contributed by atoms with Gasteiger partial charge in [0.25, 0.3) is 5.56 Å². The van der Waals surface area contributed by atoms with Gasteiger partial charge in [-0.2, -0.15) is 10.1 Å². The van der Waals surface area contributed by atoms with Crippen molar-refractivity contribution in [2.45, 2.75) is 12.6 Å². The van der Waals surface area contributed by atoms with E-state index in [0.717, 1.165) is 25.0 Å². The number of piperazine rings is 1. The molecular weight excluding hydrogens is 308 g/mol. The van der Waals surface area contributed by atoms with E-state index in [1.54, 1.807) is 12.3 Å². The number of rotatable bonds is 3. The fourth-order valence-corrected chi connectivity index (χ4v) is 2.93. The van der Waals surface area contributed by atoms with Crippen molar-refractivity contribution in [2.24, 2.45) is 0 Å². The summed E-state index contributed by atoms with van der Waals surface area (Å²) in [5.74, 6) is 1.02. The molecule has 1 aromatic carbocycles. The highest BCUT2D eigenvalue weighted by molar-refractivity contribution is 5.80. The minimum Gasteiger partial charge on any atom is -0.337 e. The van der Waals surface area contributed by atoms with E-state index in [9.17, 15) is 4.79 Å². The minimum atomic E-state index is -0.163. The van der Waals surface area contributed by atoms with Crippen LogP contribution in [0.5, 0.6) is 0 Å². The third-order valence-corrected chi connectivity index (χ3v) is 4.34. The molecular formula is C16H18N6O2. The van der Waals surface area contributed by atoms with Crippen molar-refractivity contribution in [1.29, 1.82) is 0 Å². The molecule has 124 valence electrons. The molecule has 0 radical (unpaired) electrons. The Morgan fingerprint density at radius 1 is 1.38 bits per heavy atom. The van der Waals surface area contributed by atoms with Gasteiger partial charge in [0, 0.05) is 25.0 Å². The van der Waals surface area contributed by atoms with Crippen molar-refractivity contribution >= 4 is 10.8 Å². The highest BCUT2D eigenvalue weighted by Crippen LogP contribution is 2.17. The molecule has 1 aliphatic rings. The lowest BCUT2D eigenvalue weighted by atomic mass is 10.2. The van der Waals surface area contributed by atoms with E-state index in [0.29, 0.717) is 17.1 Å². The molecule has 24 heavy (non-hydrogen) atoms. The number of nitrogens with zero attached hydrogens (tertiary/aromatic N) is 5. The van der Waals surface area contributed by atoms with Crippen molar-refractivity contribution in [3.8, 4) is 0 Å². The molecule has 0 amide bonds. The molecule has 0 aliphatic carbocycles. The highest BCUT2D eigenvalue weighted by Gasteiger charge is 2.25. The summed E-state index contributed by atoms with van der Waals surface area (Å²) in [6, 6.07) is 7.46. The van der Waals surface area contributed by atoms with E-state index in [1.807, 2.05) is 25.2 Å². The monoisotopic (exact) mass is 326 g/mol. The first-order valence-corrected chi connectivity index (χ1v) is 7.90. The summed E-state index contributed by atoms with van der Waals surface area (Å²) < 4.78 is 6.67. The van der Waals surface area contributed by atoms with Gasteiger partial charge in [-0.05, 0) is 13.1 Å². The van der Waals surface area contributed by atoms with E-state index in [1.165, 1.54) is 4.68 Å². The zero-order chi connectivity index (χ0) is 16.5. The Morgan fingerprint density at radius 3 is 3.12 bits per heavy atom. The zero-order valence-electron chi connectivity index (χ0n) is 13.3. The average Bonchev–Trinajstić information content (AvgIpc) is 3.06. The Labute approximate surface area is 138 Å². The van der Waals surface area contributed by atoms with Gasteiger partial charge in [0.15, 0.2) is 5.82 Å².